The Bertz CT molecular complexity index is 354. The summed E-state index contributed by atoms with van der Waals surface area (Å²) < 4.78 is 5.20. The molecule has 0 aliphatic carbocycles. The Labute approximate surface area is 110 Å². The summed E-state index contributed by atoms with van der Waals surface area (Å²) >= 11 is 0. The molecule has 2 N–H and O–H groups in total. The minimum atomic E-state index is -0.262. The van der Waals surface area contributed by atoms with Crippen LogP contribution < -0.4 is 10.1 Å². The number of aliphatic hydroxyl groups excluding tert-OH is 1. The largest absolute Gasteiger partial charge is 0.497 e. The first-order chi connectivity index (χ1) is 8.63. The van der Waals surface area contributed by atoms with E-state index in [4.69, 9.17) is 4.74 Å². The fraction of sp³-hybridized carbons (Fsp3) is 0.600. The molecule has 0 saturated carbocycles. The standard InChI is InChI=1S/C15H25NO2/c1-4-5-6-10-15(2,12-17)16-13-8-7-9-14(11-13)18-3/h7-9,11,16-17H,4-6,10,12H2,1-3H3. The highest BCUT2D eigenvalue weighted by atomic mass is 16.5. The second-order valence-corrected chi connectivity index (χ2v) is 5.03. The molecular weight excluding hydrogens is 226 g/mol. The number of hydrogen-bond donors (Lipinski definition) is 2. The van der Waals surface area contributed by atoms with E-state index in [1.54, 1.807) is 7.11 Å². The first-order valence-electron chi connectivity index (χ1n) is 6.66. The van der Waals surface area contributed by atoms with E-state index in [0.717, 1.165) is 24.3 Å². The van der Waals surface area contributed by atoms with Crippen molar-refractivity contribution in [2.75, 3.05) is 19.0 Å². The van der Waals surface area contributed by atoms with Gasteiger partial charge in [-0.1, -0.05) is 32.3 Å². The number of unbranched alkanes of at least 4 members (excludes halogenated alkanes) is 2. The van der Waals surface area contributed by atoms with Crippen molar-refractivity contribution in [1.82, 2.24) is 0 Å². The number of hydrogen-bond acceptors (Lipinski definition) is 3. The summed E-state index contributed by atoms with van der Waals surface area (Å²) in [5.74, 6) is 0.828. The quantitative estimate of drug-likeness (QED) is 0.695. The number of ether oxygens (including phenoxy) is 1. The van der Waals surface area contributed by atoms with Crippen LogP contribution in [0.15, 0.2) is 24.3 Å². The first-order valence-corrected chi connectivity index (χ1v) is 6.66. The fourth-order valence-corrected chi connectivity index (χ4v) is 2.00. The van der Waals surface area contributed by atoms with Gasteiger partial charge in [0.25, 0.3) is 0 Å². The van der Waals surface area contributed by atoms with E-state index in [9.17, 15) is 5.11 Å². The van der Waals surface area contributed by atoms with E-state index in [2.05, 4.69) is 19.2 Å². The fourth-order valence-electron chi connectivity index (χ4n) is 2.00. The zero-order chi connectivity index (χ0) is 13.4. The van der Waals surface area contributed by atoms with Gasteiger partial charge in [0.1, 0.15) is 5.75 Å². The van der Waals surface area contributed by atoms with Crippen LogP contribution in [0.2, 0.25) is 0 Å². The van der Waals surface area contributed by atoms with Gasteiger partial charge in [-0.05, 0) is 25.5 Å². The number of anilines is 1. The van der Waals surface area contributed by atoms with Gasteiger partial charge in [0.05, 0.1) is 19.3 Å². The van der Waals surface area contributed by atoms with Crippen LogP contribution in [0, 0.1) is 0 Å². The minimum Gasteiger partial charge on any atom is -0.497 e. The van der Waals surface area contributed by atoms with Crippen LogP contribution in [0.5, 0.6) is 5.75 Å². The molecule has 18 heavy (non-hydrogen) atoms. The first kappa shape index (κ1) is 14.8. The second-order valence-electron chi connectivity index (χ2n) is 5.03. The van der Waals surface area contributed by atoms with E-state index >= 15 is 0 Å². The molecule has 0 aromatic heterocycles. The van der Waals surface area contributed by atoms with Crippen molar-refractivity contribution in [3.05, 3.63) is 24.3 Å². The van der Waals surface area contributed by atoms with Gasteiger partial charge in [0.15, 0.2) is 0 Å². The molecule has 1 aromatic carbocycles. The molecule has 0 aliphatic heterocycles. The molecule has 0 heterocycles. The molecule has 0 saturated heterocycles. The summed E-state index contributed by atoms with van der Waals surface area (Å²) in [6, 6.07) is 7.81. The van der Waals surface area contributed by atoms with E-state index in [0.29, 0.717) is 0 Å². The van der Waals surface area contributed by atoms with Gasteiger partial charge in [-0.25, -0.2) is 0 Å². The third kappa shape index (κ3) is 4.57. The van der Waals surface area contributed by atoms with E-state index in [-0.39, 0.29) is 12.1 Å². The molecule has 1 unspecified atom stereocenters. The van der Waals surface area contributed by atoms with Crippen molar-refractivity contribution >= 4 is 5.69 Å². The van der Waals surface area contributed by atoms with Crippen LogP contribution in [-0.2, 0) is 0 Å². The second kappa shape index (κ2) is 7.27. The maximum absolute atomic E-state index is 9.58. The van der Waals surface area contributed by atoms with Gasteiger partial charge < -0.3 is 15.2 Å². The average Bonchev–Trinajstić information content (AvgIpc) is 2.39. The van der Waals surface area contributed by atoms with Crippen LogP contribution in [0.25, 0.3) is 0 Å². The maximum atomic E-state index is 9.58. The summed E-state index contributed by atoms with van der Waals surface area (Å²) in [5.41, 5.74) is 0.726. The smallest absolute Gasteiger partial charge is 0.120 e. The van der Waals surface area contributed by atoms with Gasteiger partial charge in [-0.15, -0.1) is 0 Å². The lowest BCUT2D eigenvalue weighted by atomic mass is 9.95. The third-order valence-corrected chi connectivity index (χ3v) is 3.20. The van der Waals surface area contributed by atoms with Crippen molar-refractivity contribution in [2.24, 2.45) is 0 Å². The topological polar surface area (TPSA) is 41.5 Å². The monoisotopic (exact) mass is 251 g/mol. The zero-order valence-corrected chi connectivity index (χ0v) is 11.7. The molecule has 0 amide bonds. The van der Waals surface area contributed by atoms with Crippen LogP contribution in [0.1, 0.15) is 39.5 Å². The lowest BCUT2D eigenvalue weighted by Gasteiger charge is -2.30. The number of aliphatic hydroxyl groups is 1. The number of benzene rings is 1. The lowest BCUT2D eigenvalue weighted by Crippen LogP contribution is -2.38. The van der Waals surface area contributed by atoms with Gasteiger partial charge in [0, 0.05) is 11.8 Å². The van der Waals surface area contributed by atoms with E-state index in [1.165, 1.54) is 12.8 Å². The van der Waals surface area contributed by atoms with Gasteiger partial charge in [0.2, 0.25) is 0 Å². The Balaban J connectivity index is 2.65. The Morgan fingerprint density at radius 2 is 2.11 bits per heavy atom. The molecule has 0 spiro atoms. The van der Waals surface area contributed by atoms with Crippen molar-refractivity contribution < 1.29 is 9.84 Å². The van der Waals surface area contributed by atoms with Crippen molar-refractivity contribution in [3.63, 3.8) is 0 Å². The summed E-state index contributed by atoms with van der Waals surface area (Å²) in [4.78, 5) is 0. The van der Waals surface area contributed by atoms with Crippen molar-refractivity contribution in [2.45, 2.75) is 45.1 Å². The molecule has 0 bridgehead atoms. The van der Waals surface area contributed by atoms with Gasteiger partial charge in [-0.3, -0.25) is 0 Å². The molecule has 0 aliphatic rings. The molecule has 1 aromatic rings. The van der Waals surface area contributed by atoms with Crippen LogP contribution >= 0.6 is 0 Å². The van der Waals surface area contributed by atoms with E-state index in [1.807, 2.05) is 24.3 Å². The van der Waals surface area contributed by atoms with Crippen LogP contribution in [-0.4, -0.2) is 24.4 Å². The van der Waals surface area contributed by atoms with Gasteiger partial charge >= 0.3 is 0 Å². The summed E-state index contributed by atoms with van der Waals surface area (Å²) in [6.07, 6.45) is 4.50. The minimum absolute atomic E-state index is 0.133. The third-order valence-electron chi connectivity index (χ3n) is 3.20. The van der Waals surface area contributed by atoms with Crippen molar-refractivity contribution in [3.8, 4) is 5.75 Å². The van der Waals surface area contributed by atoms with Gasteiger partial charge in [-0.2, -0.15) is 0 Å². The summed E-state index contributed by atoms with van der Waals surface area (Å²) in [6.45, 7) is 4.38. The number of methoxy groups -OCH3 is 1. The Kier molecular flexibility index (Phi) is 5.99. The Hall–Kier alpha value is -1.22. The highest BCUT2D eigenvalue weighted by Crippen LogP contribution is 2.23. The molecule has 3 heteroatoms. The van der Waals surface area contributed by atoms with Crippen molar-refractivity contribution in [1.29, 1.82) is 0 Å². The Morgan fingerprint density at radius 3 is 2.72 bits per heavy atom. The molecule has 102 valence electrons. The number of nitrogens with one attached hydrogen (secondary N) is 1. The highest BCUT2D eigenvalue weighted by molar-refractivity contribution is 5.50. The highest BCUT2D eigenvalue weighted by Gasteiger charge is 2.22. The molecular formula is C15H25NO2. The molecule has 1 rings (SSSR count). The average molecular weight is 251 g/mol. The predicted molar refractivity (Wildman–Crippen MR) is 76.2 cm³/mol. The zero-order valence-electron chi connectivity index (χ0n) is 11.7. The summed E-state index contributed by atoms with van der Waals surface area (Å²) in [5, 5.41) is 13.0. The molecule has 0 radical (unpaired) electrons. The maximum Gasteiger partial charge on any atom is 0.120 e. The lowest BCUT2D eigenvalue weighted by molar-refractivity contribution is 0.211. The number of rotatable bonds is 8. The van der Waals surface area contributed by atoms with Crippen LogP contribution in [0.4, 0.5) is 5.69 Å². The predicted octanol–water partition coefficient (Wildman–Crippen LogP) is 3.44. The summed E-state index contributed by atoms with van der Waals surface area (Å²) in [7, 11) is 1.66. The van der Waals surface area contributed by atoms with Crippen LogP contribution in [0.3, 0.4) is 0 Å². The SMILES string of the molecule is CCCCCC(C)(CO)Nc1cccc(OC)c1. The Morgan fingerprint density at radius 1 is 1.33 bits per heavy atom. The molecule has 0 fully saturated rings. The van der Waals surface area contributed by atoms with E-state index < -0.39 is 0 Å². The normalized spacial score (nSPS) is 14.0. The molecule has 1 atom stereocenters. The molecule has 3 nitrogen and oxygen atoms in total.